The van der Waals surface area contributed by atoms with Gasteiger partial charge in [0.2, 0.25) is 0 Å². The second-order valence-electron chi connectivity index (χ2n) is 6.48. The Morgan fingerprint density at radius 1 is 1.44 bits per heavy atom. The molecule has 0 aliphatic carbocycles. The third-order valence-electron chi connectivity index (χ3n) is 4.62. The predicted molar refractivity (Wildman–Crippen MR) is 92.3 cm³/mol. The van der Waals surface area contributed by atoms with E-state index in [4.69, 9.17) is 20.2 Å². The van der Waals surface area contributed by atoms with Crippen molar-refractivity contribution in [2.45, 2.75) is 50.8 Å². The van der Waals surface area contributed by atoms with Crippen molar-refractivity contribution >= 4 is 5.71 Å². The number of aromatic nitrogens is 2. The van der Waals surface area contributed by atoms with E-state index >= 15 is 0 Å². The molecule has 1 aromatic rings. The molecule has 12 heteroatoms. The molecule has 146 valence electrons. The highest BCUT2D eigenvalue weighted by Crippen LogP contribution is 2.29. The second-order valence-corrected chi connectivity index (χ2v) is 6.48. The highest BCUT2D eigenvalue weighted by molar-refractivity contribution is 5.86. The molecule has 4 atom stereocenters. The summed E-state index contributed by atoms with van der Waals surface area (Å²) in [7, 11) is 0. The van der Waals surface area contributed by atoms with Gasteiger partial charge in [0.1, 0.15) is 6.23 Å². The molecule has 0 radical (unpaired) electrons. The lowest BCUT2D eigenvalue weighted by Gasteiger charge is -2.18. The van der Waals surface area contributed by atoms with Gasteiger partial charge in [0.05, 0.1) is 37.6 Å². The third-order valence-corrected chi connectivity index (χ3v) is 4.62. The second kappa shape index (κ2) is 7.92. The van der Waals surface area contributed by atoms with Crippen molar-refractivity contribution in [2.75, 3.05) is 13.2 Å². The first-order chi connectivity index (χ1) is 13.0. The summed E-state index contributed by atoms with van der Waals surface area (Å²) in [5.41, 5.74) is 8.36. The maximum Gasteiger partial charge on any atom is 0.333 e. The van der Waals surface area contributed by atoms with E-state index in [-0.39, 0.29) is 26.2 Å². The molecule has 27 heavy (non-hydrogen) atoms. The van der Waals surface area contributed by atoms with Gasteiger partial charge in [-0.25, -0.2) is 4.79 Å². The predicted octanol–water partition coefficient (Wildman–Crippen LogP) is -0.586. The van der Waals surface area contributed by atoms with Gasteiger partial charge in [-0.1, -0.05) is 10.3 Å². The highest BCUT2D eigenvalue weighted by atomic mass is 16.6. The Kier molecular flexibility index (Phi) is 5.61. The first-order valence-corrected chi connectivity index (χ1v) is 8.44. The lowest BCUT2D eigenvalue weighted by atomic mass is 10.1. The summed E-state index contributed by atoms with van der Waals surface area (Å²) < 4.78 is 7.94. The molecule has 0 bridgehead atoms. The van der Waals surface area contributed by atoms with E-state index in [1.54, 1.807) is 6.92 Å². The molecule has 1 saturated heterocycles. The van der Waals surface area contributed by atoms with E-state index in [2.05, 4.69) is 15.2 Å². The molecule has 2 N–H and O–H groups in total. The summed E-state index contributed by atoms with van der Waals surface area (Å²) in [5, 5.41) is 25.8. The Bertz CT molecular complexity index is 901. The van der Waals surface area contributed by atoms with Gasteiger partial charge in [0.25, 0.3) is 5.56 Å². The van der Waals surface area contributed by atoms with Crippen molar-refractivity contribution in [1.29, 1.82) is 0 Å². The number of aryl methyl sites for hydroxylation is 1. The van der Waals surface area contributed by atoms with Crippen molar-refractivity contribution in [2.24, 2.45) is 10.3 Å². The Morgan fingerprint density at radius 3 is 2.85 bits per heavy atom. The van der Waals surface area contributed by atoms with E-state index in [1.165, 1.54) is 10.8 Å². The summed E-state index contributed by atoms with van der Waals surface area (Å²) in [6, 6.07) is -0.615. The third kappa shape index (κ3) is 3.74. The quantitative estimate of drug-likeness (QED) is 0.380. The molecule has 1 aromatic heterocycles. The van der Waals surface area contributed by atoms with Crippen molar-refractivity contribution in [3.8, 4) is 0 Å². The topological polar surface area (TPSA) is 164 Å². The Balaban J connectivity index is 1.90. The summed E-state index contributed by atoms with van der Waals surface area (Å²) >= 11 is 0. The molecule has 2 aliphatic heterocycles. The van der Waals surface area contributed by atoms with Gasteiger partial charge < -0.3 is 19.8 Å². The molecule has 2 aliphatic rings. The van der Waals surface area contributed by atoms with Crippen molar-refractivity contribution < 1.29 is 19.8 Å². The van der Waals surface area contributed by atoms with Crippen LogP contribution in [0.4, 0.5) is 0 Å². The number of hydrogen-bond donors (Lipinski definition) is 2. The van der Waals surface area contributed by atoms with Crippen LogP contribution in [0.2, 0.25) is 0 Å². The number of azide groups is 1. The minimum Gasteiger partial charge on any atom is -0.394 e. The van der Waals surface area contributed by atoms with Gasteiger partial charge in [0.15, 0.2) is 6.10 Å². The molecule has 3 heterocycles. The number of oxime groups is 1. The smallest absolute Gasteiger partial charge is 0.333 e. The molecule has 3 rings (SSSR count). The van der Waals surface area contributed by atoms with Crippen LogP contribution >= 0.6 is 0 Å². The largest absolute Gasteiger partial charge is 0.394 e. The number of nitrogens with zero attached hydrogens (tertiary/aromatic N) is 6. The molecule has 0 aromatic carbocycles. The van der Waals surface area contributed by atoms with E-state index in [1.807, 2.05) is 0 Å². The van der Waals surface area contributed by atoms with Crippen molar-refractivity contribution in [1.82, 2.24) is 9.13 Å². The van der Waals surface area contributed by atoms with Gasteiger partial charge in [-0.3, -0.25) is 13.9 Å². The van der Waals surface area contributed by atoms with E-state index in [0.717, 1.165) is 4.57 Å². The molecule has 0 saturated carbocycles. The number of aliphatic hydroxyl groups excluding tert-OH is 2. The molecular formula is C15H20N6O6. The lowest BCUT2D eigenvalue weighted by Crippen LogP contribution is -2.44. The van der Waals surface area contributed by atoms with Crippen LogP contribution in [0.3, 0.4) is 0 Å². The molecule has 1 fully saturated rings. The lowest BCUT2D eigenvalue weighted by molar-refractivity contribution is -0.0281. The van der Waals surface area contributed by atoms with Crippen LogP contribution in [0, 0.1) is 6.92 Å². The van der Waals surface area contributed by atoms with E-state index in [0.29, 0.717) is 17.7 Å². The van der Waals surface area contributed by atoms with Crippen molar-refractivity contribution in [3.63, 3.8) is 0 Å². The Hall–Kier alpha value is -2.66. The first kappa shape index (κ1) is 19.1. The number of aliphatic hydroxyl groups is 2. The normalized spacial score (nSPS) is 27.1. The molecular weight excluding hydrogens is 360 g/mol. The Morgan fingerprint density at radius 2 is 2.22 bits per heavy atom. The van der Waals surface area contributed by atoms with Gasteiger partial charge in [-0.2, -0.15) is 0 Å². The van der Waals surface area contributed by atoms with Gasteiger partial charge in [0, 0.05) is 29.5 Å². The molecule has 12 nitrogen and oxygen atoms in total. The number of rotatable bonds is 6. The number of hydrogen-bond acceptors (Lipinski definition) is 8. The Labute approximate surface area is 152 Å². The average molecular weight is 380 g/mol. The first-order valence-electron chi connectivity index (χ1n) is 8.44. The minimum absolute atomic E-state index is 0.0255. The zero-order valence-electron chi connectivity index (χ0n) is 14.6. The van der Waals surface area contributed by atoms with Crippen LogP contribution in [0.1, 0.15) is 24.6 Å². The van der Waals surface area contributed by atoms with Crippen LogP contribution < -0.4 is 11.2 Å². The monoisotopic (exact) mass is 380 g/mol. The zero-order valence-corrected chi connectivity index (χ0v) is 14.6. The van der Waals surface area contributed by atoms with Crippen LogP contribution in [0.25, 0.3) is 10.4 Å². The molecule has 0 amide bonds. The summed E-state index contributed by atoms with van der Waals surface area (Å²) in [6.07, 6.45) is -0.115. The van der Waals surface area contributed by atoms with Gasteiger partial charge in [-0.15, -0.1) is 0 Å². The zero-order chi connectivity index (χ0) is 19.6. The summed E-state index contributed by atoms with van der Waals surface area (Å²) in [6.45, 7) is 0.944. The van der Waals surface area contributed by atoms with Crippen LogP contribution in [0.15, 0.2) is 26.1 Å². The minimum atomic E-state index is -0.774. The summed E-state index contributed by atoms with van der Waals surface area (Å²) in [5.74, 6) is 0. The molecule has 1 unspecified atom stereocenters. The maximum atomic E-state index is 12.9. The van der Waals surface area contributed by atoms with E-state index < -0.39 is 35.7 Å². The fourth-order valence-electron chi connectivity index (χ4n) is 3.24. The fraction of sp³-hybridized carbons (Fsp3) is 0.667. The van der Waals surface area contributed by atoms with E-state index in [9.17, 15) is 14.7 Å². The summed E-state index contributed by atoms with van der Waals surface area (Å²) in [4.78, 5) is 33.2. The maximum absolute atomic E-state index is 12.9. The van der Waals surface area contributed by atoms with Crippen LogP contribution in [-0.4, -0.2) is 56.5 Å². The fourth-order valence-corrected chi connectivity index (χ4v) is 3.24. The van der Waals surface area contributed by atoms with Crippen LogP contribution in [0.5, 0.6) is 0 Å². The number of ether oxygens (including phenoxy) is 1. The highest BCUT2D eigenvalue weighted by Gasteiger charge is 2.36. The standard InChI is InChI=1S/C15H20N6O6/c1-8-4-20(13-3-11(17-19-16)12(7-23)26-13)15(25)21(14(8)24)5-10-2-9(6-22)18-27-10/h4,10-13,22-23H,2-3,5-7H2,1H3/t10?,11-,12+,13+/m0/s1. The van der Waals surface area contributed by atoms with Crippen LogP contribution in [-0.2, 0) is 16.1 Å². The molecule has 0 spiro atoms. The van der Waals surface area contributed by atoms with Gasteiger partial charge >= 0.3 is 5.69 Å². The SMILES string of the molecule is Cc1cn([C@H]2C[C@H](N=[N+]=[N-])[C@@H](CO)O2)c(=O)n(CC2CC(CO)=NO2)c1=O. The van der Waals surface area contributed by atoms with Gasteiger partial charge in [-0.05, 0) is 12.5 Å². The average Bonchev–Trinajstić information content (AvgIpc) is 3.28. The van der Waals surface area contributed by atoms with Crippen molar-refractivity contribution in [3.05, 3.63) is 43.0 Å².